The molecule has 0 bridgehead atoms. The van der Waals surface area contributed by atoms with Crippen LogP contribution in [0.4, 0.5) is 0 Å². The van der Waals surface area contributed by atoms with Gasteiger partial charge in [-0.25, -0.2) is 0 Å². The van der Waals surface area contributed by atoms with E-state index in [1.165, 1.54) is 81.8 Å². The minimum Gasteiger partial charge on any atom is -0.494 e. The number of unbranched alkanes of at least 4 members (excludes halogenated alkanes) is 5. The van der Waals surface area contributed by atoms with Gasteiger partial charge < -0.3 is 9.47 Å². The fraction of sp³-hybridized carbons (Fsp3) is 0.600. The van der Waals surface area contributed by atoms with Gasteiger partial charge in [0.1, 0.15) is 18.1 Å². The van der Waals surface area contributed by atoms with Crippen LogP contribution in [0.2, 0.25) is 0 Å². The van der Waals surface area contributed by atoms with E-state index < -0.39 is 0 Å². The van der Waals surface area contributed by atoms with Crippen molar-refractivity contribution in [1.82, 2.24) is 0 Å². The summed E-state index contributed by atoms with van der Waals surface area (Å²) < 4.78 is 11.8. The molecule has 0 heterocycles. The average Bonchev–Trinajstić information content (AvgIpc) is 2.84. The first-order chi connectivity index (χ1) is 15.8. The fourth-order valence-corrected chi connectivity index (χ4v) is 4.87. The normalized spacial score (nSPS) is 18.4. The molecule has 2 nitrogen and oxygen atoms in total. The molecule has 0 atom stereocenters. The molecule has 2 aromatic carbocycles. The average molecular weight is 437 g/mol. The second-order valence-electron chi connectivity index (χ2n) is 9.62. The standard InChI is InChI=1S/C30H44O2/c1-3-5-7-9-23-31-29-19-21-30(22-20-29)32-24-26-13-17-28(18-14-26)27-15-11-25(12-16-27)10-8-6-4-2/h13-14,17-22,25,27H,3-12,15-16,23-24H2,1-2H3/t25-,27-. The lowest BCUT2D eigenvalue weighted by Gasteiger charge is -2.29. The van der Waals surface area contributed by atoms with Crippen LogP contribution in [0.25, 0.3) is 0 Å². The molecular formula is C30H44O2. The first kappa shape index (κ1) is 24.7. The van der Waals surface area contributed by atoms with E-state index in [1.807, 2.05) is 24.3 Å². The highest BCUT2D eigenvalue weighted by Crippen LogP contribution is 2.37. The molecule has 0 saturated heterocycles. The maximum absolute atomic E-state index is 6.00. The Morgan fingerprint density at radius 1 is 0.656 bits per heavy atom. The summed E-state index contributed by atoms with van der Waals surface area (Å²) in [5.74, 6) is 3.55. The highest BCUT2D eigenvalue weighted by atomic mass is 16.5. The van der Waals surface area contributed by atoms with E-state index in [4.69, 9.17) is 9.47 Å². The van der Waals surface area contributed by atoms with Gasteiger partial charge >= 0.3 is 0 Å². The van der Waals surface area contributed by atoms with Crippen LogP contribution in [0, 0.1) is 5.92 Å². The number of hydrogen-bond acceptors (Lipinski definition) is 2. The highest BCUT2D eigenvalue weighted by Gasteiger charge is 2.21. The zero-order valence-corrected chi connectivity index (χ0v) is 20.5. The van der Waals surface area contributed by atoms with Gasteiger partial charge in [0.05, 0.1) is 6.61 Å². The smallest absolute Gasteiger partial charge is 0.120 e. The number of hydrogen-bond donors (Lipinski definition) is 0. The van der Waals surface area contributed by atoms with E-state index in [2.05, 4.69) is 38.1 Å². The van der Waals surface area contributed by atoms with Crippen LogP contribution < -0.4 is 9.47 Å². The quantitative estimate of drug-likeness (QED) is 0.275. The Morgan fingerprint density at radius 3 is 1.94 bits per heavy atom. The third-order valence-electron chi connectivity index (χ3n) is 7.01. The molecule has 0 N–H and O–H groups in total. The summed E-state index contributed by atoms with van der Waals surface area (Å²) in [5.41, 5.74) is 2.75. The molecular weight excluding hydrogens is 392 g/mol. The van der Waals surface area contributed by atoms with Crippen LogP contribution in [-0.2, 0) is 6.61 Å². The lowest BCUT2D eigenvalue weighted by molar-refractivity contribution is 0.296. The Morgan fingerprint density at radius 2 is 1.28 bits per heavy atom. The Hall–Kier alpha value is -1.96. The van der Waals surface area contributed by atoms with Crippen molar-refractivity contribution in [2.24, 2.45) is 5.92 Å². The van der Waals surface area contributed by atoms with Crippen molar-refractivity contribution in [3.05, 3.63) is 59.7 Å². The van der Waals surface area contributed by atoms with Crippen molar-refractivity contribution in [1.29, 1.82) is 0 Å². The van der Waals surface area contributed by atoms with Gasteiger partial charge in [0, 0.05) is 0 Å². The Labute approximate surface area is 196 Å². The summed E-state index contributed by atoms with van der Waals surface area (Å²) in [7, 11) is 0. The SMILES string of the molecule is CCCCCCOc1ccc(OCc2ccc([C@H]3CC[C@H](CCCCC)CC3)cc2)cc1. The lowest BCUT2D eigenvalue weighted by atomic mass is 9.77. The predicted octanol–water partition coefficient (Wildman–Crippen LogP) is 9.08. The van der Waals surface area contributed by atoms with E-state index in [1.54, 1.807) is 0 Å². The number of rotatable bonds is 14. The Kier molecular flexibility index (Phi) is 11.0. The van der Waals surface area contributed by atoms with Crippen LogP contribution in [0.3, 0.4) is 0 Å². The number of benzene rings is 2. The van der Waals surface area contributed by atoms with E-state index in [9.17, 15) is 0 Å². The van der Waals surface area contributed by atoms with Crippen molar-refractivity contribution >= 4 is 0 Å². The molecule has 0 aliphatic heterocycles. The van der Waals surface area contributed by atoms with Gasteiger partial charge in [-0.2, -0.15) is 0 Å². The molecule has 0 aromatic heterocycles. The minimum atomic E-state index is 0.613. The Bertz CT molecular complexity index is 726. The number of ether oxygens (including phenoxy) is 2. The third-order valence-corrected chi connectivity index (χ3v) is 7.01. The molecule has 1 saturated carbocycles. The lowest BCUT2D eigenvalue weighted by Crippen LogP contribution is -2.13. The molecule has 3 rings (SSSR count). The highest BCUT2D eigenvalue weighted by molar-refractivity contribution is 5.32. The van der Waals surface area contributed by atoms with E-state index in [-0.39, 0.29) is 0 Å². The molecule has 0 amide bonds. The van der Waals surface area contributed by atoms with Gasteiger partial charge in [-0.3, -0.25) is 0 Å². The Balaban J connectivity index is 1.37. The molecule has 0 spiro atoms. The van der Waals surface area contributed by atoms with Gasteiger partial charge in [0.15, 0.2) is 0 Å². The summed E-state index contributed by atoms with van der Waals surface area (Å²) in [6.45, 7) is 5.94. The van der Waals surface area contributed by atoms with E-state index >= 15 is 0 Å². The maximum atomic E-state index is 6.00. The molecule has 32 heavy (non-hydrogen) atoms. The van der Waals surface area contributed by atoms with Crippen LogP contribution in [0.15, 0.2) is 48.5 Å². The third kappa shape index (κ3) is 8.52. The van der Waals surface area contributed by atoms with Gasteiger partial charge in [-0.15, -0.1) is 0 Å². The molecule has 0 radical (unpaired) electrons. The summed E-state index contributed by atoms with van der Waals surface area (Å²) in [4.78, 5) is 0. The van der Waals surface area contributed by atoms with Gasteiger partial charge in [0.2, 0.25) is 0 Å². The molecule has 176 valence electrons. The van der Waals surface area contributed by atoms with Crippen LogP contribution >= 0.6 is 0 Å². The van der Waals surface area contributed by atoms with Crippen molar-refractivity contribution in [3.8, 4) is 11.5 Å². The summed E-state index contributed by atoms with van der Waals surface area (Å²) in [6.07, 6.45) is 16.1. The van der Waals surface area contributed by atoms with Crippen LogP contribution in [0.1, 0.15) is 108 Å². The first-order valence-corrected chi connectivity index (χ1v) is 13.2. The molecule has 0 unspecified atom stereocenters. The summed E-state index contributed by atoms with van der Waals surface area (Å²) >= 11 is 0. The largest absolute Gasteiger partial charge is 0.494 e. The fourth-order valence-electron chi connectivity index (χ4n) is 4.87. The van der Waals surface area contributed by atoms with E-state index in [0.29, 0.717) is 6.61 Å². The van der Waals surface area contributed by atoms with E-state index in [0.717, 1.165) is 36.4 Å². The van der Waals surface area contributed by atoms with Crippen molar-refractivity contribution in [2.75, 3.05) is 6.61 Å². The summed E-state index contributed by atoms with van der Waals surface area (Å²) in [6, 6.07) is 17.2. The van der Waals surface area contributed by atoms with Gasteiger partial charge in [-0.1, -0.05) is 83.1 Å². The molecule has 1 fully saturated rings. The van der Waals surface area contributed by atoms with Gasteiger partial charge in [0.25, 0.3) is 0 Å². The maximum Gasteiger partial charge on any atom is 0.120 e. The monoisotopic (exact) mass is 436 g/mol. The predicted molar refractivity (Wildman–Crippen MR) is 136 cm³/mol. The minimum absolute atomic E-state index is 0.613. The van der Waals surface area contributed by atoms with Crippen molar-refractivity contribution in [3.63, 3.8) is 0 Å². The second-order valence-corrected chi connectivity index (χ2v) is 9.62. The molecule has 2 heteroatoms. The molecule has 2 aromatic rings. The van der Waals surface area contributed by atoms with Crippen molar-refractivity contribution in [2.45, 2.75) is 103 Å². The first-order valence-electron chi connectivity index (χ1n) is 13.2. The zero-order valence-electron chi connectivity index (χ0n) is 20.5. The zero-order chi connectivity index (χ0) is 22.4. The second kappa shape index (κ2) is 14.2. The topological polar surface area (TPSA) is 18.5 Å². The van der Waals surface area contributed by atoms with Crippen LogP contribution in [0.5, 0.6) is 11.5 Å². The van der Waals surface area contributed by atoms with Gasteiger partial charge in [-0.05, 0) is 79.3 Å². The van der Waals surface area contributed by atoms with Crippen molar-refractivity contribution < 1.29 is 9.47 Å². The summed E-state index contributed by atoms with van der Waals surface area (Å²) in [5, 5.41) is 0. The molecule has 1 aliphatic carbocycles. The van der Waals surface area contributed by atoms with Crippen LogP contribution in [-0.4, -0.2) is 6.61 Å². The molecule has 1 aliphatic rings.